The highest BCUT2D eigenvalue weighted by Gasteiger charge is 2.20. The zero-order valence-electron chi connectivity index (χ0n) is 14.8. The first-order valence-electron chi connectivity index (χ1n) is 8.47. The normalized spacial score (nSPS) is 11.7. The average molecular weight is 336 g/mol. The molecule has 128 valence electrons. The fourth-order valence-corrected chi connectivity index (χ4v) is 3.07. The molecule has 6 nitrogen and oxygen atoms in total. The van der Waals surface area contributed by atoms with Crippen LogP contribution in [0.5, 0.6) is 5.75 Å². The van der Waals surface area contributed by atoms with E-state index in [-0.39, 0.29) is 6.10 Å². The molecule has 0 fully saturated rings. The summed E-state index contributed by atoms with van der Waals surface area (Å²) in [6.07, 6.45) is 4.76. The van der Waals surface area contributed by atoms with Gasteiger partial charge in [0.25, 0.3) is 0 Å². The maximum atomic E-state index is 5.99. The Morgan fingerprint density at radius 1 is 1.20 bits per heavy atom. The van der Waals surface area contributed by atoms with E-state index in [4.69, 9.17) is 14.2 Å². The van der Waals surface area contributed by atoms with Crippen molar-refractivity contribution in [1.82, 2.24) is 19.7 Å². The van der Waals surface area contributed by atoms with Gasteiger partial charge >= 0.3 is 6.01 Å². The van der Waals surface area contributed by atoms with Gasteiger partial charge in [0.05, 0.1) is 22.7 Å². The second-order valence-corrected chi connectivity index (χ2v) is 6.38. The third-order valence-corrected chi connectivity index (χ3v) is 4.10. The summed E-state index contributed by atoms with van der Waals surface area (Å²) in [5.41, 5.74) is 3.98. The molecule has 0 atom stereocenters. The van der Waals surface area contributed by atoms with E-state index in [1.807, 2.05) is 55.9 Å². The Morgan fingerprint density at radius 2 is 2.04 bits per heavy atom. The number of hydrogen-bond acceptors (Lipinski definition) is 5. The van der Waals surface area contributed by atoms with Crippen molar-refractivity contribution in [3.05, 3.63) is 42.0 Å². The Hall–Kier alpha value is -2.89. The smallest absolute Gasteiger partial charge is 0.332 e. The molecule has 0 unspecified atom stereocenters. The second-order valence-electron chi connectivity index (χ2n) is 6.38. The Morgan fingerprint density at radius 3 is 2.76 bits per heavy atom. The van der Waals surface area contributed by atoms with Crippen LogP contribution in [0.1, 0.15) is 32.2 Å². The molecular weight excluding hydrogens is 316 g/mol. The summed E-state index contributed by atoms with van der Waals surface area (Å²) in [5.74, 6) is 1.55. The van der Waals surface area contributed by atoms with Crippen molar-refractivity contribution in [1.29, 1.82) is 0 Å². The highest BCUT2D eigenvalue weighted by atomic mass is 16.5. The van der Waals surface area contributed by atoms with E-state index in [9.17, 15) is 0 Å². The standard InChI is InChI=1S/C19H20N4O2/c1-5-16-21-19(25-22-16)23-9-12(4)17-14(10-23)20-13-7-6-8-15(18(13)17)24-11(2)3/h6-11H,5H2,1-4H3. The third-order valence-electron chi connectivity index (χ3n) is 4.10. The van der Waals surface area contributed by atoms with Gasteiger partial charge in [0.1, 0.15) is 5.75 Å². The van der Waals surface area contributed by atoms with Gasteiger partial charge < -0.3 is 9.26 Å². The zero-order valence-corrected chi connectivity index (χ0v) is 14.8. The number of benzene rings is 1. The van der Waals surface area contributed by atoms with Crippen LogP contribution < -0.4 is 4.74 Å². The number of aryl methyl sites for hydroxylation is 2. The van der Waals surface area contributed by atoms with Crippen molar-refractivity contribution in [2.75, 3.05) is 0 Å². The van der Waals surface area contributed by atoms with E-state index in [1.54, 1.807) is 0 Å². The lowest BCUT2D eigenvalue weighted by molar-refractivity contribution is 0.245. The summed E-state index contributed by atoms with van der Waals surface area (Å²) in [6.45, 7) is 8.11. The minimum atomic E-state index is 0.107. The number of hydrogen-bond donors (Lipinski definition) is 0. The molecule has 3 heterocycles. The molecule has 0 aliphatic carbocycles. The van der Waals surface area contributed by atoms with Crippen LogP contribution in [0.2, 0.25) is 0 Å². The van der Waals surface area contributed by atoms with Gasteiger partial charge in [-0.25, -0.2) is 4.98 Å². The number of aromatic nitrogens is 4. The quantitative estimate of drug-likeness (QED) is 0.559. The lowest BCUT2D eigenvalue weighted by Crippen LogP contribution is -2.06. The van der Waals surface area contributed by atoms with E-state index in [0.717, 1.165) is 39.9 Å². The first-order chi connectivity index (χ1) is 12.1. The van der Waals surface area contributed by atoms with Crippen molar-refractivity contribution in [3.8, 4) is 23.0 Å². The van der Waals surface area contributed by atoms with Gasteiger partial charge in [0.15, 0.2) is 5.82 Å². The summed E-state index contributed by atoms with van der Waals surface area (Å²) in [5, 5.41) is 5.01. The highest BCUT2D eigenvalue weighted by molar-refractivity contribution is 6.02. The minimum Gasteiger partial charge on any atom is -0.490 e. The summed E-state index contributed by atoms with van der Waals surface area (Å²) >= 11 is 0. The third kappa shape index (κ3) is 2.63. The van der Waals surface area contributed by atoms with Crippen LogP contribution in [-0.4, -0.2) is 25.8 Å². The fourth-order valence-electron chi connectivity index (χ4n) is 3.07. The lowest BCUT2D eigenvalue weighted by Gasteiger charge is -2.13. The largest absolute Gasteiger partial charge is 0.490 e. The predicted molar refractivity (Wildman–Crippen MR) is 95.4 cm³/mol. The highest BCUT2D eigenvalue weighted by Crippen LogP contribution is 2.39. The van der Waals surface area contributed by atoms with Crippen LogP contribution in [0, 0.1) is 6.92 Å². The molecule has 2 aliphatic rings. The van der Waals surface area contributed by atoms with Gasteiger partial charge in [0.2, 0.25) is 0 Å². The maximum Gasteiger partial charge on any atom is 0.332 e. The topological polar surface area (TPSA) is 66.0 Å². The molecule has 0 N–H and O–H groups in total. The van der Waals surface area contributed by atoms with E-state index in [0.29, 0.717) is 11.8 Å². The fraction of sp³-hybridized carbons (Fsp3) is 0.316. The van der Waals surface area contributed by atoms with Crippen LogP contribution in [-0.2, 0) is 6.42 Å². The Bertz CT molecular complexity index is 1020. The molecule has 0 radical (unpaired) electrons. The summed E-state index contributed by atoms with van der Waals surface area (Å²) in [4.78, 5) is 9.16. The van der Waals surface area contributed by atoms with E-state index in [2.05, 4.69) is 17.1 Å². The molecule has 2 aliphatic heterocycles. The molecule has 2 aromatic rings. The molecule has 0 saturated heterocycles. The molecule has 1 aromatic carbocycles. The van der Waals surface area contributed by atoms with E-state index in [1.165, 1.54) is 0 Å². The number of ether oxygens (including phenoxy) is 1. The minimum absolute atomic E-state index is 0.107. The summed E-state index contributed by atoms with van der Waals surface area (Å²) < 4.78 is 13.2. The molecule has 6 heteroatoms. The number of rotatable bonds is 4. The Kier molecular flexibility index (Phi) is 3.67. The Labute approximate surface area is 145 Å². The number of fused-ring (bicyclic) bond motifs is 3. The monoisotopic (exact) mass is 336 g/mol. The lowest BCUT2D eigenvalue weighted by atomic mass is 10.0. The molecule has 0 spiro atoms. The SMILES string of the molecule is CCc1noc(-n2cc3nc4cccc(OC(C)C)c4c-3c(C)c2)n1. The zero-order chi connectivity index (χ0) is 17.6. The second kappa shape index (κ2) is 5.88. The van der Waals surface area contributed by atoms with Gasteiger partial charge in [-0.15, -0.1) is 0 Å². The van der Waals surface area contributed by atoms with Crippen molar-refractivity contribution < 1.29 is 9.26 Å². The number of pyridine rings is 1. The van der Waals surface area contributed by atoms with Crippen LogP contribution in [0.3, 0.4) is 0 Å². The van der Waals surface area contributed by atoms with Crippen LogP contribution in [0.25, 0.3) is 28.2 Å². The molecule has 0 amide bonds. The van der Waals surface area contributed by atoms with Gasteiger partial charge in [-0.05, 0) is 38.5 Å². The van der Waals surface area contributed by atoms with Gasteiger partial charge in [-0.3, -0.25) is 4.57 Å². The van der Waals surface area contributed by atoms with Crippen LogP contribution in [0.15, 0.2) is 35.1 Å². The van der Waals surface area contributed by atoms with Gasteiger partial charge in [0, 0.05) is 24.4 Å². The average Bonchev–Trinajstić information content (AvgIpc) is 3.18. The molecule has 1 aromatic heterocycles. The molecule has 25 heavy (non-hydrogen) atoms. The van der Waals surface area contributed by atoms with Gasteiger partial charge in [-0.1, -0.05) is 18.1 Å². The first-order valence-corrected chi connectivity index (χ1v) is 8.47. The van der Waals surface area contributed by atoms with Crippen molar-refractivity contribution in [2.24, 2.45) is 0 Å². The molecular formula is C19H20N4O2. The summed E-state index contributed by atoms with van der Waals surface area (Å²) in [6, 6.07) is 6.43. The first kappa shape index (κ1) is 15.6. The van der Waals surface area contributed by atoms with Crippen molar-refractivity contribution in [2.45, 2.75) is 40.2 Å². The Balaban J connectivity index is 1.92. The van der Waals surface area contributed by atoms with E-state index >= 15 is 0 Å². The van der Waals surface area contributed by atoms with Crippen LogP contribution in [0.4, 0.5) is 0 Å². The van der Waals surface area contributed by atoms with Crippen molar-refractivity contribution in [3.63, 3.8) is 0 Å². The molecule has 0 saturated carbocycles. The summed E-state index contributed by atoms with van der Waals surface area (Å²) in [7, 11) is 0. The molecule has 4 rings (SSSR count). The van der Waals surface area contributed by atoms with Crippen LogP contribution >= 0.6 is 0 Å². The van der Waals surface area contributed by atoms with Crippen molar-refractivity contribution >= 4 is 10.9 Å². The number of nitrogens with zero attached hydrogens (tertiary/aromatic N) is 4. The molecule has 0 bridgehead atoms. The van der Waals surface area contributed by atoms with Gasteiger partial charge in [-0.2, -0.15) is 4.98 Å². The van der Waals surface area contributed by atoms with E-state index < -0.39 is 0 Å². The maximum absolute atomic E-state index is 5.99. The predicted octanol–water partition coefficient (Wildman–Crippen LogP) is 4.17.